The highest BCUT2D eigenvalue weighted by Crippen LogP contribution is 2.32. The second-order valence-electron chi connectivity index (χ2n) is 4.16. The largest absolute Gasteiger partial charge is 0.454 e. The van der Waals surface area contributed by atoms with Gasteiger partial charge in [-0.2, -0.15) is 0 Å². The highest BCUT2D eigenvalue weighted by Gasteiger charge is 2.10. The van der Waals surface area contributed by atoms with Crippen LogP contribution in [-0.4, -0.2) is 0 Å². The maximum atomic E-state index is 13.6. The van der Waals surface area contributed by atoms with Crippen molar-refractivity contribution in [3.8, 4) is 11.5 Å². The Labute approximate surface area is 110 Å². The molecule has 94 valence electrons. The monoisotopic (exact) mass is 265 g/mol. The average molecular weight is 266 g/mol. The lowest BCUT2D eigenvalue weighted by Gasteiger charge is -2.13. The van der Waals surface area contributed by atoms with Crippen molar-refractivity contribution in [1.29, 1.82) is 0 Å². The molecule has 0 saturated carbocycles. The maximum Gasteiger partial charge on any atom is 0.167 e. The van der Waals surface area contributed by atoms with E-state index >= 15 is 0 Å². The molecule has 0 aromatic heterocycles. The molecule has 0 radical (unpaired) electrons. The molecule has 2 nitrogen and oxygen atoms in total. The lowest BCUT2D eigenvalue weighted by Crippen LogP contribution is -1.95. The van der Waals surface area contributed by atoms with Gasteiger partial charge in [-0.3, -0.25) is 0 Å². The fourth-order valence-corrected chi connectivity index (χ4v) is 2.10. The molecule has 0 unspecified atom stereocenters. The fourth-order valence-electron chi connectivity index (χ4n) is 1.77. The molecular formula is C14H13ClFNO. The van der Waals surface area contributed by atoms with Crippen molar-refractivity contribution in [2.45, 2.75) is 13.8 Å². The highest BCUT2D eigenvalue weighted by atomic mass is 35.5. The van der Waals surface area contributed by atoms with Gasteiger partial charge in [0.1, 0.15) is 5.75 Å². The van der Waals surface area contributed by atoms with Crippen molar-refractivity contribution < 1.29 is 9.13 Å². The SMILES string of the molecule is Cc1cc(Cl)cc(C)c1Oc1ccc(N)cc1F. The zero-order chi connectivity index (χ0) is 13.3. The lowest BCUT2D eigenvalue weighted by atomic mass is 10.1. The third-order valence-corrected chi connectivity index (χ3v) is 2.81. The van der Waals surface area contributed by atoms with E-state index in [9.17, 15) is 4.39 Å². The smallest absolute Gasteiger partial charge is 0.167 e. The third kappa shape index (κ3) is 2.57. The van der Waals surface area contributed by atoms with Crippen LogP contribution in [0, 0.1) is 19.7 Å². The summed E-state index contributed by atoms with van der Waals surface area (Å²) < 4.78 is 19.2. The Morgan fingerprint density at radius 3 is 2.28 bits per heavy atom. The first kappa shape index (κ1) is 12.7. The summed E-state index contributed by atoms with van der Waals surface area (Å²) in [4.78, 5) is 0. The molecule has 2 aromatic rings. The van der Waals surface area contributed by atoms with Gasteiger partial charge in [-0.05, 0) is 49.2 Å². The van der Waals surface area contributed by atoms with Gasteiger partial charge in [-0.15, -0.1) is 0 Å². The van der Waals surface area contributed by atoms with Crippen LogP contribution < -0.4 is 10.5 Å². The van der Waals surface area contributed by atoms with Gasteiger partial charge in [0, 0.05) is 16.8 Å². The highest BCUT2D eigenvalue weighted by molar-refractivity contribution is 6.30. The predicted molar refractivity (Wildman–Crippen MR) is 71.8 cm³/mol. The molecule has 0 fully saturated rings. The van der Waals surface area contributed by atoms with Crippen LogP contribution in [0.15, 0.2) is 30.3 Å². The van der Waals surface area contributed by atoms with Crippen molar-refractivity contribution in [1.82, 2.24) is 0 Å². The summed E-state index contributed by atoms with van der Waals surface area (Å²) >= 11 is 5.93. The number of anilines is 1. The van der Waals surface area contributed by atoms with Crippen LogP contribution in [-0.2, 0) is 0 Å². The predicted octanol–water partition coefficient (Wildman–Crippen LogP) is 4.47. The summed E-state index contributed by atoms with van der Waals surface area (Å²) in [5, 5.41) is 0.634. The van der Waals surface area contributed by atoms with Gasteiger partial charge in [0.15, 0.2) is 11.6 Å². The summed E-state index contributed by atoms with van der Waals surface area (Å²) in [6.45, 7) is 3.73. The number of benzene rings is 2. The number of aryl methyl sites for hydroxylation is 2. The molecule has 18 heavy (non-hydrogen) atoms. The molecule has 0 heterocycles. The second kappa shape index (κ2) is 4.86. The van der Waals surface area contributed by atoms with E-state index in [0.29, 0.717) is 16.5 Å². The van der Waals surface area contributed by atoms with Gasteiger partial charge in [-0.1, -0.05) is 11.6 Å². The molecular weight excluding hydrogens is 253 g/mol. The zero-order valence-electron chi connectivity index (χ0n) is 10.1. The lowest BCUT2D eigenvalue weighted by molar-refractivity contribution is 0.437. The minimum atomic E-state index is -0.483. The van der Waals surface area contributed by atoms with Gasteiger partial charge < -0.3 is 10.5 Å². The summed E-state index contributed by atoms with van der Waals surface area (Å²) in [5.41, 5.74) is 7.57. The third-order valence-electron chi connectivity index (χ3n) is 2.59. The minimum absolute atomic E-state index is 0.151. The first-order chi connectivity index (χ1) is 8.47. The quantitative estimate of drug-likeness (QED) is 0.813. The van der Waals surface area contributed by atoms with Crippen LogP contribution in [0.5, 0.6) is 11.5 Å². The number of nitrogens with two attached hydrogens (primary N) is 1. The molecule has 2 N–H and O–H groups in total. The van der Waals surface area contributed by atoms with Gasteiger partial charge in [0.2, 0.25) is 0 Å². The molecule has 0 atom stereocenters. The molecule has 4 heteroatoms. The summed E-state index contributed by atoms with van der Waals surface area (Å²) in [6, 6.07) is 7.89. The van der Waals surface area contributed by atoms with Crippen LogP contribution in [0.25, 0.3) is 0 Å². The summed E-state index contributed by atoms with van der Waals surface area (Å²) in [7, 11) is 0. The first-order valence-corrected chi connectivity index (χ1v) is 5.85. The molecule has 2 aromatic carbocycles. The number of halogens is 2. The molecule has 2 rings (SSSR count). The van der Waals surface area contributed by atoms with E-state index in [1.807, 2.05) is 13.8 Å². The Morgan fingerprint density at radius 2 is 1.72 bits per heavy atom. The van der Waals surface area contributed by atoms with E-state index in [4.69, 9.17) is 22.1 Å². The summed E-state index contributed by atoms with van der Waals surface area (Å²) in [5.74, 6) is 0.282. The van der Waals surface area contributed by atoms with Crippen LogP contribution in [0.4, 0.5) is 10.1 Å². The normalized spacial score (nSPS) is 10.4. The molecule has 0 aliphatic heterocycles. The van der Waals surface area contributed by atoms with Gasteiger partial charge in [-0.25, -0.2) is 4.39 Å². The Bertz CT molecular complexity index is 575. The molecule has 0 saturated heterocycles. The number of ether oxygens (including phenoxy) is 1. The second-order valence-corrected chi connectivity index (χ2v) is 4.60. The van der Waals surface area contributed by atoms with Crippen molar-refractivity contribution in [2.75, 3.05) is 5.73 Å². The Balaban J connectivity index is 2.40. The zero-order valence-corrected chi connectivity index (χ0v) is 10.9. The van der Waals surface area contributed by atoms with Crippen molar-refractivity contribution in [3.63, 3.8) is 0 Å². The number of hydrogen-bond donors (Lipinski definition) is 1. The van der Waals surface area contributed by atoms with Crippen molar-refractivity contribution >= 4 is 17.3 Å². The molecule has 0 aliphatic rings. The minimum Gasteiger partial charge on any atom is -0.454 e. The molecule has 0 spiro atoms. The van der Waals surface area contributed by atoms with E-state index in [2.05, 4.69) is 0 Å². The van der Waals surface area contributed by atoms with Crippen LogP contribution in [0.2, 0.25) is 5.02 Å². The van der Waals surface area contributed by atoms with Crippen LogP contribution >= 0.6 is 11.6 Å². The van der Waals surface area contributed by atoms with E-state index in [1.54, 1.807) is 18.2 Å². The van der Waals surface area contributed by atoms with Gasteiger partial charge in [0.25, 0.3) is 0 Å². The molecule has 0 aliphatic carbocycles. The topological polar surface area (TPSA) is 35.2 Å². The van der Waals surface area contributed by atoms with E-state index < -0.39 is 5.82 Å². The summed E-state index contributed by atoms with van der Waals surface area (Å²) in [6.07, 6.45) is 0. The standard InChI is InChI=1S/C14H13ClFNO/c1-8-5-10(15)6-9(2)14(8)18-13-4-3-11(17)7-12(13)16/h3-7H,17H2,1-2H3. The number of rotatable bonds is 2. The Hall–Kier alpha value is -1.74. The maximum absolute atomic E-state index is 13.6. The molecule has 0 amide bonds. The van der Waals surface area contributed by atoms with Gasteiger partial charge >= 0.3 is 0 Å². The first-order valence-electron chi connectivity index (χ1n) is 5.47. The fraction of sp³-hybridized carbons (Fsp3) is 0.143. The van der Waals surface area contributed by atoms with E-state index in [-0.39, 0.29) is 5.75 Å². The van der Waals surface area contributed by atoms with E-state index in [1.165, 1.54) is 12.1 Å². The number of nitrogen functional groups attached to an aromatic ring is 1. The Morgan fingerprint density at radius 1 is 1.11 bits per heavy atom. The van der Waals surface area contributed by atoms with Crippen molar-refractivity contribution in [2.24, 2.45) is 0 Å². The Kier molecular flexibility index (Phi) is 3.43. The van der Waals surface area contributed by atoms with Gasteiger partial charge in [0.05, 0.1) is 0 Å². The number of hydrogen-bond acceptors (Lipinski definition) is 2. The molecule has 0 bridgehead atoms. The van der Waals surface area contributed by atoms with Crippen LogP contribution in [0.3, 0.4) is 0 Å². The van der Waals surface area contributed by atoms with Crippen LogP contribution in [0.1, 0.15) is 11.1 Å². The average Bonchev–Trinajstić information content (AvgIpc) is 2.25. The van der Waals surface area contributed by atoms with E-state index in [0.717, 1.165) is 11.1 Å². The van der Waals surface area contributed by atoms with Crippen molar-refractivity contribution in [3.05, 3.63) is 52.3 Å².